The van der Waals surface area contributed by atoms with Gasteiger partial charge in [0.15, 0.2) is 17.3 Å². The summed E-state index contributed by atoms with van der Waals surface area (Å²) in [6, 6.07) is 21.5. The molecule has 3 fully saturated rings. The molecule has 3 aliphatic rings. The Morgan fingerprint density at radius 3 is 0.949 bits per heavy atom. The number of aliphatic carboxylic acids is 2. The number of hydrogen-bond donors (Lipinski definition) is 8. The number of thiazole rings is 3. The van der Waals surface area contributed by atoms with Gasteiger partial charge in [0.25, 0.3) is 0 Å². The molecule has 0 radical (unpaired) electrons. The van der Waals surface area contributed by atoms with Crippen LogP contribution in [0, 0.1) is 48.9 Å². The first kappa shape index (κ1) is 102. The van der Waals surface area contributed by atoms with E-state index in [0.717, 1.165) is 72.2 Å². The van der Waals surface area contributed by atoms with E-state index in [2.05, 4.69) is 42.4 Å². The smallest absolute Gasteiger partial charge is 0.488 e. The Bertz CT molecular complexity index is 4380. The molecule has 6 aromatic rings. The maximum atomic E-state index is 13.7. The van der Waals surface area contributed by atoms with Crippen molar-refractivity contribution in [2.24, 2.45) is 39.7 Å². The number of hydrogen-bond acceptors (Lipinski definition) is 26. The van der Waals surface area contributed by atoms with Crippen molar-refractivity contribution in [2.75, 3.05) is 33.9 Å². The van der Waals surface area contributed by atoms with Crippen LogP contribution in [0.4, 0.5) is 0 Å². The van der Waals surface area contributed by atoms with Gasteiger partial charge in [0.2, 0.25) is 17.7 Å². The fourth-order valence-corrected chi connectivity index (χ4v) is 16.5. The summed E-state index contributed by atoms with van der Waals surface area (Å²) < 4.78 is 8.62. The molecule has 3 aromatic heterocycles. The Balaban J connectivity index is 0.000000349. The predicted molar refractivity (Wildman–Crippen MR) is 444 cm³/mol. The number of ketones is 5. The molecule has 3 aromatic carbocycles. The molecule has 0 spiro atoms. The van der Waals surface area contributed by atoms with Gasteiger partial charge in [-0.25, -0.2) is 15.0 Å². The third kappa shape index (κ3) is 30.0. The van der Waals surface area contributed by atoms with Gasteiger partial charge >= 0.3 is 42.7 Å². The number of nitrogens with zero attached hydrogens (tertiary/aromatic N) is 7. The van der Waals surface area contributed by atoms with Gasteiger partial charge in [-0.1, -0.05) is 156 Å². The number of carboxylic acid groups (broad SMARTS) is 2. The van der Waals surface area contributed by atoms with Crippen molar-refractivity contribution in [3.8, 4) is 31.3 Å². The Hall–Kier alpha value is -8.49. The first-order valence-electron chi connectivity index (χ1n) is 38.6. The molecule has 10 N–H and O–H groups in total. The van der Waals surface area contributed by atoms with Crippen LogP contribution in [0.2, 0.25) is 0 Å². The zero-order chi connectivity index (χ0) is 87.9. The van der Waals surface area contributed by atoms with E-state index in [-0.39, 0.29) is 130 Å². The number of Topliss-reactive ketones (excluding diaryl/α,β-unsaturated/α-hetero) is 5. The number of esters is 2. The van der Waals surface area contributed by atoms with Crippen molar-refractivity contribution >= 4 is 105 Å². The van der Waals surface area contributed by atoms with E-state index >= 15 is 0 Å². The number of aryl methyl sites for hydroxylation is 3. The second-order valence-corrected chi connectivity index (χ2v) is 35.9. The number of nitrogens with two attached hydrogens (primary N) is 2. The van der Waals surface area contributed by atoms with Crippen molar-refractivity contribution in [2.45, 2.75) is 235 Å². The molecule has 3 aliphatic heterocycles. The summed E-state index contributed by atoms with van der Waals surface area (Å²) in [5.74, 6) is -3.63. The Labute approximate surface area is 714 Å². The molecule has 6 heterocycles. The average Bonchev–Trinajstić information content (AvgIpc) is 1.63. The normalized spacial score (nSPS) is 18.6. The van der Waals surface area contributed by atoms with Gasteiger partial charge in [0, 0.05) is 82.8 Å². The summed E-state index contributed by atoms with van der Waals surface area (Å²) in [5.41, 5.74) is 21.3. The molecule has 3 saturated heterocycles. The number of methoxy groups -OCH3 is 2. The quantitative estimate of drug-likeness (QED) is 0.00751. The summed E-state index contributed by atoms with van der Waals surface area (Å²) in [7, 11) is 2.35. The SMILES string of the molecule is COC(=O)CC(=O)C[C@H](C(=O)N1C[C@H](O)C[C@H]1C(=O)C[C@@H](C)c1ccc(-c2scnc2C)cc1)C(C)(C)C.COC(=O)CC(=O)O.Cc1ncsc1-c1ccc([C@H](C)CC(=O)[C@@H]2C[C@@H](O)CN2C(=O)[C@@H](CC(=O)CC(=O)O)C(C)(C)C)cc1.Cc1ncsc1-c1ccc([C@H](C)CC(=O)[C@@H]2C[C@@H](O)CN2C(=O)[C@@H](N)C(C)(C)C)cc1.N[N-]O.[Li+]. The third-order valence-corrected chi connectivity index (χ3v) is 23.9. The minimum atomic E-state index is -1.24. The Morgan fingerprint density at radius 2 is 0.720 bits per heavy atom. The van der Waals surface area contributed by atoms with Gasteiger partial charge in [-0.3, -0.25) is 57.5 Å². The van der Waals surface area contributed by atoms with E-state index in [1.165, 1.54) is 21.8 Å². The fraction of sp³-hybridized carbons (Fsp3) is 0.541. The second kappa shape index (κ2) is 46.3. The Morgan fingerprint density at radius 1 is 0.458 bits per heavy atom. The van der Waals surface area contributed by atoms with Crippen molar-refractivity contribution in [3.63, 3.8) is 0 Å². The monoisotopic (exact) mass is 1690 g/mol. The van der Waals surface area contributed by atoms with Crippen molar-refractivity contribution < 1.29 is 117 Å². The molecule has 29 nitrogen and oxygen atoms in total. The topological polar surface area (TPSA) is 459 Å². The number of rotatable bonds is 28. The van der Waals surface area contributed by atoms with Gasteiger partial charge < -0.3 is 72.1 Å². The molecule has 12 atom stereocenters. The fourth-order valence-electron chi connectivity index (χ4n) is 14.1. The van der Waals surface area contributed by atoms with E-state index in [9.17, 15) is 72.9 Å². The number of β-amino-alcohol motifs (C(OH)–C–C–N with tert-alkyl or cyclic N) is 3. The van der Waals surface area contributed by atoms with Crippen LogP contribution in [0.5, 0.6) is 0 Å². The number of carbonyl (C=O) groups excluding carboxylic acids is 10. The van der Waals surface area contributed by atoms with E-state index < -0.39 is 131 Å². The van der Waals surface area contributed by atoms with Crippen molar-refractivity contribution in [3.05, 3.63) is 129 Å². The van der Waals surface area contributed by atoms with Crippen LogP contribution in [-0.2, 0) is 67.0 Å². The maximum Gasteiger partial charge on any atom is 1.00 e. The number of ether oxygens (including phenoxy) is 2. The van der Waals surface area contributed by atoms with E-state index in [4.69, 9.17) is 21.2 Å². The number of carbonyl (C=O) groups is 12. The minimum absolute atomic E-state index is 0. The summed E-state index contributed by atoms with van der Waals surface area (Å²) in [5, 5.41) is 54.8. The molecule has 3 amide bonds. The molecule has 0 saturated carbocycles. The van der Waals surface area contributed by atoms with Gasteiger partial charge in [-0.05, 0) is 88.2 Å². The average molecular weight is 1690 g/mol. The van der Waals surface area contributed by atoms with Gasteiger partial charge in [-0.2, -0.15) is 0 Å². The van der Waals surface area contributed by atoms with Gasteiger partial charge in [-0.15, -0.1) is 34.0 Å². The van der Waals surface area contributed by atoms with Crippen LogP contribution in [0.1, 0.15) is 205 Å². The van der Waals surface area contributed by atoms with Crippen LogP contribution < -0.4 is 30.4 Å². The minimum Gasteiger partial charge on any atom is -0.488 e. The zero-order valence-electron chi connectivity index (χ0n) is 70.9. The largest absolute Gasteiger partial charge is 1.00 e. The number of aliphatic hydroxyl groups excluding tert-OH is 3. The standard InChI is InChI=1S/C29H38N2O6S.C28H36N2O6S.C24H33N3O3S.C4H6O4.Li.H3N2O/c1-17(19-7-9-20(10-8-19)27-18(2)30-16-38-27)11-25(34)24-13-22(33)15-31(24)28(36)23(29(3,4)5)12-21(32)14-26(35)37-6;1-16(18-6-8-19(9-7-18)26-17(2)29-15-37-26)10-24(33)23-12-21(32)14-30(23)27(36)22(28(3,4)5)11-20(31)13-25(34)35;1-14(16-6-8-17(9-7-16)21-15(2)26-13-31-21)10-20(29)19-11-18(28)12-27(19)23(30)22(25)24(3,4)5;1-8-4(7)2-3(5)6;;1-2-3/h7-10,16-17,22-24,33H,11-15H2,1-6H3;6-9,15-16,21-23,32H,10-14H2,1-5H3,(H,34,35);6-9,13-14,18-19,22,28H,10-12,25H2,1-5H3;2H2,1H3,(H,5,6);;3H,1H2/q;;;;+1;-1/t17-,22-,23-,24+;16-,21-,22-,23+;14-,18-,19+,22-;;;/m111.../s1. The molecule has 33 heteroatoms. The van der Waals surface area contributed by atoms with Crippen LogP contribution >= 0.6 is 34.0 Å². The summed E-state index contributed by atoms with van der Waals surface area (Å²) in [6.45, 7) is 28.8. The van der Waals surface area contributed by atoms with Gasteiger partial charge in [0.05, 0.1) is 105 Å². The summed E-state index contributed by atoms with van der Waals surface area (Å²) >= 11 is 4.78. The molecular formula is C85H116LiN9O20S3. The zero-order valence-corrected chi connectivity index (χ0v) is 73.3. The third-order valence-electron chi connectivity index (χ3n) is 21.0. The summed E-state index contributed by atoms with van der Waals surface area (Å²) in [6.07, 6.45) is -2.95. The number of carboxylic acids is 2. The number of benzene rings is 3. The van der Waals surface area contributed by atoms with Gasteiger partial charge in [0.1, 0.15) is 30.8 Å². The number of aliphatic hydroxyl groups is 3. The van der Waals surface area contributed by atoms with Crippen LogP contribution in [-0.4, -0.2) is 207 Å². The maximum absolute atomic E-state index is 13.7. The first-order valence-corrected chi connectivity index (χ1v) is 41.3. The number of aromatic nitrogens is 3. The molecule has 0 bridgehead atoms. The van der Waals surface area contributed by atoms with E-state index in [1.807, 2.05) is 187 Å². The first-order chi connectivity index (χ1) is 54.6. The van der Waals surface area contributed by atoms with Crippen LogP contribution in [0.15, 0.2) is 89.3 Å². The molecule has 0 aliphatic carbocycles. The van der Waals surface area contributed by atoms with Crippen molar-refractivity contribution in [1.29, 1.82) is 0 Å². The van der Waals surface area contributed by atoms with E-state index in [0.29, 0.717) is 6.42 Å². The molecule has 0 unspecified atom stereocenters. The molecular weight excluding hydrogens is 1570 g/mol. The van der Waals surface area contributed by atoms with Crippen LogP contribution in [0.3, 0.4) is 0 Å². The molecule has 118 heavy (non-hydrogen) atoms. The Kier molecular flexibility index (Phi) is 40.0. The molecule has 9 rings (SSSR count). The van der Waals surface area contributed by atoms with Crippen molar-refractivity contribution in [1.82, 2.24) is 29.7 Å². The van der Waals surface area contributed by atoms with E-state index in [1.54, 1.807) is 34.0 Å². The number of likely N-dealkylation sites (tertiary alicyclic amines) is 3. The molecule has 640 valence electrons. The predicted octanol–water partition coefficient (Wildman–Crippen LogP) is 8.34. The summed E-state index contributed by atoms with van der Waals surface area (Å²) in [4.78, 5) is 168. The second-order valence-electron chi connectivity index (χ2n) is 33.3. The number of amides is 3. The van der Waals surface area contributed by atoms with Crippen LogP contribution in [0.25, 0.3) is 36.9 Å².